The Bertz CT molecular complexity index is 513. The highest BCUT2D eigenvalue weighted by Gasteiger charge is 2.16. The molecule has 0 radical (unpaired) electrons. The summed E-state index contributed by atoms with van der Waals surface area (Å²) < 4.78 is 35.2. The number of hydrogen-bond acceptors (Lipinski definition) is 3. The maximum absolute atomic E-state index is 13.3. The van der Waals surface area contributed by atoms with Crippen LogP contribution in [0.1, 0.15) is 10.4 Å². The second kappa shape index (κ2) is 5.27. The van der Waals surface area contributed by atoms with E-state index in [2.05, 4.69) is 0 Å². The van der Waals surface area contributed by atoms with Crippen LogP contribution in [0.15, 0.2) is 24.3 Å². The van der Waals surface area contributed by atoms with Gasteiger partial charge in [-0.15, -0.1) is 0 Å². The SMILES string of the molecule is CN(CCS(C)(=O)=O)C(=O)c1ccccc1F. The Morgan fingerprint density at radius 1 is 1.35 bits per heavy atom. The van der Waals surface area contributed by atoms with Crippen LogP contribution in [0.25, 0.3) is 0 Å². The summed E-state index contributed by atoms with van der Waals surface area (Å²) in [4.78, 5) is 13.0. The minimum absolute atomic E-state index is 0.0476. The Balaban J connectivity index is 2.74. The molecular weight excluding hydrogens is 245 g/mol. The Kier molecular flexibility index (Phi) is 4.22. The lowest BCUT2D eigenvalue weighted by Gasteiger charge is -2.16. The Morgan fingerprint density at radius 3 is 2.47 bits per heavy atom. The number of nitrogens with zero attached hydrogens (tertiary/aromatic N) is 1. The van der Waals surface area contributed by atoms with Crippen LogP contribution in [0, 0.1) is 5.82 Å². The van der Waals surface area contributed by atoms with E-state index in [0.29, 0.717) is 0 Å². The maximum Gasteiger partial charge on any atom is 0.256 e. The molecule has 0 saturated carbocycles. The summed E-state index contributed by atoms with van der Waals surface area (Å²) in [5.74, 6) is -1.26. The average Bonchev–Trinajstić information content (AvgIpc) is 2.24. The van der Waals surface area contributed by atoms with Crippen LogP contribution in [-0.2, 0) is 9.84 Å². The van der Waals surface area contributed by atoms with Crippen molar-refractivity contribution in [3.8, 4) is 0 Å². The van der Waals surface area contributed by atoms with Crippen molar-refractivity contribution in [2.24, 2.45) is 0 Å². The van der Waals surface area contributed by atoms with Crippen LogP contribution >= 0.6 is 0 Å². The summed E-state index contributed by atoms with van der Waals surface area (Å²) in [6.07, 6.45) is 1.09. The number of carbonyl (C=O) groups excluding carboxylic acids is 1. The van der Waals surface area contributed by atoms with Gasteiger partial charge in [0.25, 0.3) is 5.91 Å². The molecular formula is C11H14FNO3S. The lowest BCUT2D eigenvalue weighted by Crippen LogP contribution is -2.31. The Hall–Kier alpha value is -1.43. The molecule has 17 heavy (non-hydrogen) atoms. The van der Waals surface area contributed by atoms with Gasteiger partial charge in [-0.2, -0.15) is 0 Å². The number of amides is 1. The molecule has 1 aromatic carbocycles. The normalized spacial score (nSPS) is 11.2. The van der Waals surface area contributed by atoms with E-state index in [9.17, 15) is 17.6 Å². The monoisotopic (exact) mass is 259 g/mol. The van der Waals surface area contributed by atoms with Gasteiger partial charge in [-0.1, -0.05) is 12.1 Å². The summed E-state index contributed by atoms with van der Waals surface area (Å²) >= 11 is 0. The zero-order chi connectivity index (χ0) is 13.1. The first kappa shape index (κ1) is 13.6. The van der Waals surface area contributed by atoms with Gasteiger partial charge in [0.15, 0.2) is 0 Å². The molecule has 0 N–H and O–H groups in total. The molecule has 94 valence electrons. The molecule has 0 aliphatic carbocycles. The largest absolute Gasteiger partial charge is 0.341 e. The number of hydrogen-bond donors (Lipinski definition) is 0. The molecule has 0 aliphatic heterocycles. The third-order valence-corrected chi connectivity index (χ3v) is 3.17. The molecule has 0 saturated heterocycles. The van der Waals surface area contributed by atoms with Crippen LogP contribution in [0.2, 0.25) is 0 Å². The molecule has 1 rings (SSSR count). The topological polar surface area (TPSA) is 54.5 Å². The molecule has 0 spiro atoms. The smallest absolute Gasteiger partial charge is 0.256 e. The molecule has 1 aromatic rings. The van der Waals surface area contributed by atoms with E-state index < -0.39 is 21.6 Å². The fourth-order valence-corrected chi connectivity index (χ4v) is 1.85. The molecule has 0 fully saturated rings. The van der Waals surface area contributed by atoms with Gasteiger partial charge < -0.3 is 4.90 Å². The molecule has 0 aromatic heterocycles. The van der Waals surface area contributed by atoms with E-state index in [1.54, 1.807) is 6.07 Å². The first-order valence-corrected chi connectivity index (χ1v) is 7.05. The number of sulfone groups is 1. The molecule has 4 nitrogen and oxygen atoms in total. The van der Waals surface area contributed by atoms with E-state index in [1.165, 1.54) is 30.1 Å². The van der Waals surface area contributed by atoms with Crippen LogP contribution < -0.4 is 0 Å². The summed E-state index contributed by atoms with van der Waals surface area (Å²) in [5.41, 5.74) is -0.0523. The lowest BCUT2D eigenvalue weighted by molar-refractivity contribution is 0.0799. The van der Waals surface area contributed by atoms with Crippen LogP contribution in [0.4, 0.5) is 4.39 Å². The highest BCUT2D eigenvalue weighted by Crippen LogP contribution is 2.08. The molecule has 6 heteroatoms. The molecule has 0 heterocycles. The van der Waals surface area contributed by atoms with Crippen molar-refractivity contribution < 1.29 is 17.6 Å². The van der Waals surface area contributed by atoms with Gasteiger partial charge >= 0.3 is 0 Å². The second-order valence-electron chi connectivity index (χ2n) is 3.84. The van der Waals surface area contributed by atoms with Gasteiger partial charge in [0.2, 0.25) is 0 Å². The zero-order valence-electron chi connectivity index (χ0n) is 9.68. The van der Waals surface area contributed by atoms with Crippen molar-refractivity contribution in [1.29, 1.82) is 0 Å². The lowest BCUT2D eigenvalue weighted by atomic mass is 10.2. The minimum Gasteiger partial charge on any atom is -0.341 e. The average molecular weight is 259 g/mol. The maximum atomic E-state index is 13.3. The first-order chi connectivity index (χ1) is 7.81. The van der Waals surface area contributed by atoms with Crippen LogP contribution in [0.3, 0.4) is 0 Å². The van der Waals surface area contributed by atoms with Gasteiger partial charge in [0.05, 0.1) is 11.3 Å². The van der Waals surface area contributed by atoms with Gasteiger partial charge in [0.1, 0.15) is 15.7 Å². The second-order valence-corrected chi connectivity index (χ2v) is 6.10. The van der Waals surface area contributed by atoms with Crippen LogP contribution in [-0.4, -0.2) is 44.8 Å². The third kappa shape index (κ3) is 4.14. The van der Waals surface area contributed by atoms with Crippen LogP contribution in [0.5, 0.6) is 0 Å². The fourth-order valence-electron chi connectivity index (χ4n) is 1.24. The molecule has 1 amide bonds. The Labute approximate surface area is 100.0 Å². The van der Waals surface area contributed by atoms with Crippen molar-refractivity contribution in [2.45, 2.75) is 0 Å². The minimum atomic E-state index is -3.13. The highest BCUT2D eigenvalue weighted by molar-refractivity contribution is 7.90. The number of halogens is 1. The van der Waals surface area contributed by atoms with Crippen molar-refractivity contribution in [3.05, 3.63) is 35.6 Å². The van der Waals surface area contributed by atoms with E-state index >= 15 is 0 Å². The summed E-state index contributed by atoms with van der Waals surface area (Å²) in [7, 11) is -1.69. The van der Waals surface area contributed by atoms with Crippen molar-refractivity contribution in [3.63, 3.8) is 0 Å². The van der Waals surface area contributed by atoms with Gasteiger partial charge in [-0.25, -0.2) is 12.8 Å². The summed E-state index contributed by atoms with van der Waals surface area (Å²) in [6.45, 7) is 0.0476. The predicted molar refractivity (Wildman–Crippen MR) is 63.1 cm³/mol. The number of carbonyl (C=O) groups is 1. The summed E-state index contributed by atoms with van der Waals surface area (Å²) in [5, 5.41) is 0. The standard InChI is InChI=1S/C11H14FNO3S/c1-13(7-8-17(2,15)16)11(14)9-5-3-4-6-10(9)12/h3-6H,7-8H2,1-2H3. The van der Waals surface area contributed by atoms with Gasteiger partial charge in [-0.3, -0.25) is 4.79 Å². The van der Waals surface area contributed by atoms with Crippen molar-refractivity contribution in [1.82, 2.24) is 4.90 Å². The van der Waals surface area contributed by atoms with Gasteiger partial charge in [-0.05, 0) is 12.1 Å². The molecule has 0 aliphatic rings. The predicted octanol–water partition coefficient (Wildman–Crippen LogP) is 0.942. The number of benzene rings is 1. The molecule has 0 bridgehead atoms. The summed E-state index contributed by atoms with van der Waals surface area (Å²) in [6, 6.07) is 5.61. The highest BCUT2D eigenvalue weighted by atomic mass is 32.2. The van der Waals surface area contributed by atoms with Crippen molar-refractivity contribution in [2.75, 3.05) is 25.6 Å². The first-order valence-electron chi connectivity index (χ1n) is 4.99. The third-order valence-electron chi connectivity index (χ3n) is 2.25. The number of rotatable bonds is 4. The Morgan fingerprint density at radius 2 is 1.94 bits per heavy atom. The van der Waals surface area contributed by atoms with Crippen molar-refractivity contribution >= 4 is 15.7 Å². The zero-order valence-corrected chi connectivity index (χ0v) is 10.5. The van der Waals surface area contributed by atoms with Gasteiger partial charge in [0, 0.05) is 19.8 Å². The molecule has 0 unspecified atom stereocenters. The van der Waals surface area contributed by atoms with E-state index in [1.807, 2.05) is 0 Å². The van der Waals surface area contributed by atoms with E-state index in [-0.39, 0.29) is 17.9 Å². The molecule has 0 atom stereocenters. The van der Waals surface area contributed by atoms with E-state index in [4.69, 9.17) is 0 Å². The fraction of sp³-hybridized carbons (Fsp3) is 0.364. The quantitative estimate of drug-likeness (QED) is 0.808. The van der Waals surface area contributed by atoms with E-state index in [0.717, 1.165) is 6.26 Å².